The lowest BCUT2D eigenvalue weighted by Crippen LogP contribution is -1.84. The summed E-state index contributed by atoms with van der Waals surface area (Å²) in [6, 6.07) is 3.45. The number of nitrogens with zero attached hydrogens (tertiary/aromatic N) is 2. The van der Waals surface area contributed by atoms with Crippen LogP contribution in [-0.2, 0) is 0 Å². The Labute approximate surface area is 91.1 Å². The molecule has 0 atom stereocenters. The smallest absolute Gasteiger partial charge is 0.143 e. The number of aromatic nitrogens is 2. The molecule has 0 unspecified atom stereocenters. The molecule has 66 valence electrons. The molecule has 0 aliphatic heterocycles. The van der Waals surface area contributed by atoms with Crippen LogP contribution in [0, 0.1) is 0 Å². The van der Waals surface area contributed by atoms with Gasteiger partial charge in [0.25, 0.3) is 0 Å². The number of aromatic hydroxyl groups is 1. The average molecular weight is 304 g/mol. The summed E-state index contributed by atoms with van der Waals surface area (Å²) in [6.45, 7) is 0. The lowest BCUT2D eigenvalue weighted by Gasteiger charge is -2.01. The number of phenols is 1. The van der Waals surface area contributed by atoms with E-state index in [0.717, 1.165) is 9.86 Å². The van der Waals surface area contributed by atoms with E-state index < -0.39 is 0 Å². The summed E-state index contributed by atoms with van der Waals surface area (Å²) in [5, 5.41) is 10.3. The Kier molecular flexibility index (Phi) is 2.21. The third-order valence-electron chi connectivity index (χ3n) is 1.63. The summed E-state index contributed by atoms with van der Waals surface area (Å²) in [7, 11) is 0. The van der Waals surface area contributed by atoms with Gasteiger partial charge in [0.05, 0.1) is 0 Å². The van der Waals surface area contributed by atoms with Crippen LogP contribution in [0.3, 0.4) is 0 Å². The van der Waals surface area contributed by atoms with Crippen LogP contribution in [0.15, 0.2) is 27.5 Å². The highest BCUT2D eigenvalue weighted by Crippen LogP contribution is 2.30. The van der Waals surface area contributed by atoms with E-state index >= 15 is 0 Å². The van der Waals surface area contributed by atoms with Crippen LogP contribution in [0.1, 0.15) is 0 Å². The van der Waals surface area contributed by atoms with Crippen molar-refractivity contribution in [1.82, 2.24) is 9.97 Å². The van der Waals surface area contributed by atoms with E-state index in [1.165, 1.54) is 6.33 Å². The number of rotatable bonds is 0. The highest BCUT2D eigenvalue weighted by molar-refractivity contribution is 9.11. The van der Waals surface area contributed by atoms with Crippen LogP contribution < -0.4 is 0 Å². The van der Waals surface area contributed by atoms with Crippen LogP contribution in [0.4, 0.5) is 0 Å². The maximum absolute atomic E-state index is 9.54. The van der Waals surface area contributed by atoms with Gasteiger partial charge in [-0.15, -0.1) is 0 Å². The van der Waals surface area contributed by atoms with E-state index in [2.05, 4.69) is 41.8 Å². The van der Waals surface area contributed by atoms with Crippen molar-refractivity contribution in [3.05, 3.63) is 27.5 Å². The first-order valence-corrected chi connectivity index (χ1v) is 5.06. The number of fused-ring (bicyclic) bond motifs is 1. The summed E-state index contributed by atoms with van der Waals surface area (Å²) in [6.07, 6.45) is 1.40. The number of hydrogen-bond donors (Lipinski definition) is 1. The highest BCUT2D eigenvalue weighted by Gasteiger charge is 2.06. The van der Waals surface area contributed by atoms with E-state index in [4.69, 9.17) is 0 Å². The summed E-state index contributed by atoms with van der Waals surface area (Å²) in [5.41, 5.74) is 0.546. The van der Waals surface area contributed by atoms with Gasteiger partial charge in [-0.2, -0.15) is 0 Å². The van der Waals surface area contributed by atoms with Gasteiger partial charge in [-0.3, -0.25) is 0 Å². The third-order valence-corrected chi connectivity index (χ3v) is 2.72. The van der Waals surface area contributed by atoms with Gasteiger partial charge in [-0.05, 0) is 28.1 Å². The Morgan fingerprint density at radius 1 is 1.15 bits per heavy atom. The molecule has 0 aliphatic rings. The third kappa shape index (κ3) is 1.53. The van der Waals surface area contributed by atoms with Crippen LogP contribution in [0.25, 0.3) is 10.9 Å². The monoisotopic (exact) mass is 302 g/mol. The van der Waals surface area contributed by atoms with Crippen LogP contribution in [0.5, 0.6) is 5.75 Å². The van der Waals surface area contributed by atoms with E-state index in [0.29, 0.717) is 10.1 Å². The molecule has 0 saturated carbocycles. The molecule has 0 amide bonds. The molecule has 0 spiro atoms. The van der Waals surface area contributed by atoms with Gasteiger partial charge in [0.1, 0.15) is 22.2 Å². The van der Waals surface area contributed by atoms with Gasteiger partial charge < -0.3 is 5.11 Å². The Balaban J connectivity index is 2.94. The van der Waals surface area contributed by atoms with Gasteiger partial charge in [-0.25, -0.2) is 9.97 Å². The second-order valence-electron chi connectivity index (χ2n) is 2.49. The zero-order valence-electron chi connectivity index (χ0n) is 6.33. The Morgan fingerprint density at radius 2 is 1.92 bits per heavy atom. The Bertz CT molecular complexity index is 473. The second-order valence-corrected chi connectivity index (χ2v) is 4.15. The fraction of sp³-hybridized carbons (Fsp3) is 0. The molecule has 3 nitrogen and oxygen atoms in total. The first-order chi connectivity index (χ1) is 6.18. The minimum absolute atomic E-state index is 0.146. The van der Waals surface area contributed by atoms with Gasteiger partial charge >= 0.3 is 0 Å². The van der Waals surface area contributed by atoms with Crippen molar-refractivity contribution in [2.24, 2.45) is 0 Å². The molecular weight excluding hydrogens is 300 g/mol. The molecule has 5 heteroatoms. The maximum Gasteiger partial charge on any atom is 0.143 e. The first kappa shape index (κ1) is 8.90. The van der Waals surface area contributed by atoms with E-state index in [1.807, 2.05) is 6.07 Å². The van der Waals surface area contributed by atoms with E-state index in [9.17, 15) is 5.11 Å². The molecule has 0 aliphatic carbocycles. The highest BCUT2D eigenvalue weighted by atomic mass is 79.9. The normalized spacial score (nSPS) is 10.6. The fourth-order valence-corrected chi connectivity index (χ4v) is 1.92. The molecular formula is C8H4Br2N2O. The number of phenolic OH excluding ortho intramolecular Hbond substituents is 1. The molecule has 13 heavy (non-hydrogen) atoms. The van der Waals surface area contributed by atoms with Gasteiger partial charge in [0.15, 0.2) is 0 Å². The molecule has 0 saturated heterocycles. The lowest BCUT2D eigenvalue weighted by molar-refractivity contribution is 0.480. The van der Waals surface area contributed by atoms with Crippen LogP contribution in [0.2, 0.25) is 0 Å². The number of benzene rings is 1. The van der Waals surface area contributed by atoms with Crippen molar-refractivity contribution in [3.63, 3.8) is 0 Å². The van der Waals surface area contributed by atoms with Crippen molar-refractivity contribution < 1.29 is 5.11 Å². The molecule has 0 fully saturated rings. The topological polar surface area (TPSA) is 46.0 Å². The molecule has 0 radical (unpaired) electrons. The van der Waals surface area contributed by atoms with Crippen LogP contribution in [-0.4, -0.2) is 15.1 Å². The Morgan fingerprint density at radius 3 is 2.69 bits per heavy atom. The summed E-state index contributed by atoms with van der Waals surface area (Å²) in [4.78, 5) is 7.93. The number of halogens is 2. The van der Waals surface area contributed by atoms with Crippen molar-refractivity contribution in [1.29, 1.82) is 0 Å². The Hall–Kier alpha value is -0.680. The minimum Gasteiger partial charge on any atom is -0.506 e. The zero-order valence-corrected chi connectivity index (χ0v) is 9.50. The molecule has 1 N–H and O–H groups in total. The van der Waals surface area contributed by atoms with Gasteiger partial charge in [-0.1, -0.05) is 15.9 Å². The molecule has 1 aromatic heterocycles. The summed E-state index contributed by atoms with van der Waals surface area (Å²) in [5.74, 6) is 0.146. The number of hydrogen-bond acceptors (Lipinski definition) is 3. The van der Waals surface area contributed by atoms with Crippen molar-refractivity contribution in [3.8, 4) is 5.75 Å². The predicted octanol–water partition coefficient (Wildman–Crippen LogP) is 2.86. The van der Waals surface area contributed by atoms with E-state index in [-0.39, 0.29) is 5.75 Å². The molecule has 0 bridgehead atoms. The lowest BCUT2D eigenvalue weighted by atomic mass is 10.2. The SMILES string of the molecule is Oc1cc(Br)cc2c(Br)ncnc12. The molecule has 1 heterocycles. The molecule has 2 aromatic rings. The first-order valence-electron chi connectivity index (χ1n) is 3.47. The summed E-state index contributed by atoms with van der Waals surface area (Å²) < 4.78 is 1.47. The van der Waals surface area contributed by atoms with Crippen molar-refractivity contribution in [2.75, 3.05) is 0 Å². The second kappa shape index (κ2) is 3.23. The van der Waals surface area contributed by atoms with Crippen LogP contribution >= 0.6 is 31.9 Å². The molecule has 1 aromatic carbocycles. The quantitative estimate of drug-likeness (QED) is 0.761. The maximum atomic E-state index is 9.54. The largest absolute Gasteiger partial charge is 0.506 e. The minimum atomic E-state index is 0.146. The predicted molar refractivity (Wildman–Crippen MR) is 56.6 cm³/mol. The van der Waals surface area contributed by atoms with Crippen molar-refractivity contribution in [2.45, 2.75) is 0 Å². The van der Waals surface area contributed by atoms with E-state index in [1.54, 1.807) is 6.07 Å². The average Bonchev–Trinajstić information content (AvgIpc) is 2.07. The standard InChI is InChI=1S/C8H4Br2N2O/c9-4-1-5-7(6(13)2-4)11-3-12-8(5)10/h1-3,13H. The molecule has 2 rings (SSSR count). The summed E-state index contributed by atoms with van der Waals surface area (Å²) >= 11 is 6.56. The van der Waals surface area contributed by atoms with Crippen molar-refractivity contribution >= 4 is 42.8 Å². The fourth-order valence-electron chi connectivity index (χ4n) is 1.08. The van der Waals surface area contributed by atoms with Gasteiger partial charge in [0, 0.05) is 9.86 Å². The van der Waals surface area contributed by atoms with Gasteiger partial charge in [0.2, 0.25) is 0 Å². The zero-order chi connectivity index (χ0) is 9.42.